The van der Waals surface area contributed by atoms with E-state index in [-0.39, 0.29) is 0 Å². The first kappa shape index (κ1) is 16.7. The smallest absolute Gasteiger partial charge is 0.0766 e. The van der Waals surface area contributed by atoms with E-state index in [1.807, 2.05) is 24.8 Å². The minimum atomic E-state index is 0.375. The van der Waals surface area contributed by atoms with Gasteiger partial charge in [0.05, 0.1) is 15.9 Å². The summed E-state index contributed by atoms with van der Waals surface area (Å²) in [5, 5.41) is 8.00. The minimum absolute atomic E-state index is 0.375. The second-order valence-corrected chi connectivity index (χ2v) is 6.82. The zero-order valence-corrected chi connectivity index (χ0v) is 15.8. The van der Waals surface area contributed by atoms with Gasteiger partial charge in [-0.3, -0.25) is 4.68 Å². The number of nitrogens with zero attached hydrogens (tertiary/aromatic N) is 2. The van der Waals surface area contributed by atoms with Gasteiger partial charge in [-0.2, -0.15) is 5.10 Å². The van der Waals surface area contributed by atoms with E-state index in [4.69, 9.17) is 0 Å². The third-order valence-electron chi connectivity index (χ3n) is 3.78. The van der Waals surface area contributed by atoms with Crippen LogP contribution in [0.2, 0.25) is 0 Å². The van der Waals surface area contributed by atoms with Crippen LogP contribution in [0.15, 0.2) is 33.2 Å². The van der Waals surface area contributed by atoms with Crippen LogP contribution in [0.4, 0.5) is 0 Å². The third-order valence-corrected chi connectivity index (χ3v) is 5.46. The lowest BCUT2D eigenvalue weighted by Crippen LogP contribution is -2.31. The van der Waals surface area contributed by atoms with Crippen LogP contribution < -0.4 is 5.32 Å². The predicted octanol–water partition coefficient (Wildman–Crippen LogP) is 3.88. The van der Waals surface area contributed by atoms with Crippen molar-refractivity contribution in [3.63, 3.8) is 0 Å². The summed E-state index contributed by atoms with van der Waals surface area (Å²) >= 11 is 7.33. The summed E-state index contributed by atoms with van der Waals surface area (Å²) in [4.78, 5) is 0. The molecule has 114 valence electrons. The maximum Gasteiger partial charge on any atom is 0.0766 e. The summed E-state index contributed by atoms with van der Waals surface area (Å²) in [6.45, 7) is 2.13. The fourth-order valence-electron chi connectivity index (χ4n) is 2.48. The third kappa shape index (κ3) is 3.96. The van der Waals surface area contributed by atoms with Crippen LogP contribution in [0.3, 0.4) is 0 Å². The van der Waals surface area contributed by atoms with Gasteiger partial charge in [0, 0.05) is 24.0 Å². The van der Waals surface area contributed by atoms with Crippen LogP contribution in [0.1, 0.15) is 23.9 Å². The Labute approximate surface area is 143 Å². The molecule has 1 unspecified atom stereocenters. The number of aromatic nitrogens is 2. The molecule has 0 spiro atoms. The summed E-state index contributed by atoms with van der Waals surface area (Å²) in [6.07, 6.45) is 2.88. The highest BCUT2D eigenvalue weighted by molar-refractivity contribution is 9.10. The maximum absolute atomic E-state index is 4.57. The van der Waals surface area contributed by atoms with Gasteiger partial charge in [0.2, 0.25) is 0 Å². The van der Waals surface area contributed by atoms with Crippen molar-refractivity contribution in [2.24, 2.45) is 7.05 Å². The Morgan fingerprint density at radius 1 is 1.24 bits per heavy atom. The predicted molar refractivity (Wildman–Crippen MR) is 94.7 cm³/mol. The molecule has 2 rings (SSSR count). The zero-order chi connectivity index (χ0) is 15.4. The van der Waals surface area contributed by atoms with Gasteiger partial charge in [-0.25, -0.2) is 0 Å². The lowest BCUT2D eigenvalue weighted by atomic mass is 10.0. The van der Waals surface area contributed by atoms with Gasteiger partial charge >= 0.3 is 0 Å². The molecule has 1 aromatic carbocycles. The average Bonchev–Trinajstić information content (AvgIpc) is 2.75. The Hall–Kier alpha value is -0.650. The summed E-state index contributed by atoms with van der Waals surface area (Å²) in [5.41, 5.74) is 3.70. The number of aryl methyl sites for hydroxylation is 2. The molecule has 0 aliphatic heterocycles. The first-order valence-electron chi connectivity index (χ1n) is 7.17. The number of hydrogen-bond acceptors (Lipinski definition) is 2. The molecule has 0 aliphatic carbocycles. The van der Waals surface area contributed by atoms with Crippen LogP contribution in [0.25, 0.3) is 0 Å². The van der Waals surface area contributed by atoms with Gasteiger partial charge in [-0.1, -0.05) is 41.1 Å². The Bertz CT molecular complexity index is 608. The topological polar surface area (TPSA) is 29.9 Å². The van der Waals surface area contributed by atoms with Crippen LogP contribution in [0.5, 0.6) is 0 Å². The molecule has 5 heteroatoms. The van der Waals surface area contributed by atoms with Crippen molar-refractivity contribution in [1.29, 1.82) is 0 Å². The van der Waals surface area contributed by atoms with Crippen LogP contribution in [-0.4, -0.2) is 22.9 Å². The number of hydrogen-bond donors (Lipinski definition) is 1. The quantitative estimate of drug-likeness (QED) is 0.777. The molecule has 2 aromatic rings. The standard InChI is InChI=1S/C16H21Br2N3/c1-4-14-16(18)15(21(3)20-14)10-12(19-2)9-11-7-5-6-8-13(11)17/h5-8,12,19H,4,9-10H2,1-3H3. The monoisotopic (exact) mass is 413 g/mol. The molecule has 3 nitrogen and oxygen atoms in total. The highest BCUT2D eigenvalue weighted by Gasteiger charge is 2.17. The van der Waals surface area contributed by atoms with Gasteiger partial charge < -0.3 is 5.32 Å². The lowest BCUT2D eigenvalue weighted by molar-refractivity contribution is 0.532. The van der Waals surface area contributed by atoms with Crippen molar-refractivity contribution in [1.82, 2.24) is 15.1 Å². The Kier molecular flexibility index (Phi) is 6.02. The molecular formula is C16H21Br2N3. The number of rotatable bonds is 6. The largest absolute Gasteiger partial charge is 0.316 e. The fraction of sp³-hybridized carbons (Fsp3) is 0.438. The highest BCUT2D eigenvalue weighted by atomic mass is 79.9. The number of halogens is 2. The molecule has 1 N–H and O–H groups in total. The number of benzene rings is 1. The van der Waals surface area contributed by atoms with E-state index in [0.29, 0.717) is 6.04 Å². The van der Waals surface area contributed by atoms with Crippen molar-refractivity contribution in [2.45, 2.75) is 32.2 Å². The SMILES string of the molecule is CCc1nn(C)c(CC(Cc2ccccc2Br)NC)c1Br. The molecule has 0 saturated carbocycles. The Morgan fingerprint density at radius 2 is 1.95 bits per heavy atom. The van der Waals surface area contributed by atoms with Crippen LogP contribution in [0, 0.1) is 0 Å². The first-order valence-corrected chi connectivity index (χ1v) is 8.76. The summed E-state index contributed by atoms with van der Waals surface area (Å²) in [7, 11) is 4.04. The highest BCUT2D eigenvalue weighted by Crippen LogP contribution is 2.24. The van der Waals surface area contributed by atoms with Gasteiger partial charge in [-0.05, 0) is 47.4 Å². The van der Waals surface area contributed by atoms with E-state index < -0.39 is 0 Å². The normalized spacial score (nSPS) is 12.6. The van der Waals surface area contributed by atoms with E-state index in [1.54, 1.807) is 0 Å². The van der Waals surface area contributed by atoms with E-state index in [9.17, 15) is 0 Å². The number of nitrogens with one attached hydrogen (secondary N) is 1. The molecule has 0 fully saturated rings. The van der Waals surface area contributed by atoms with Gasteiger partial charge in [0.15, 0.2) is 0 Å². The average molecular weight is 415 g/mol. The Morgan fingerprint density at radius 3 is 2.52 bits per heavy atom. The van der Waals surface area contributed by atoms with Crippen molar-refractivity contribution in [3.05, 3.63) is 50.2 Å². The van der Waals surface area contributed by atoms with Crippen molar-refractivity contribution in [2.75, 3.05) is 7.05 Å². The molecule has 0 aliphatic rings. The van der Waals surface area contributed by atoms with E-state index in [0.717, 1.165) is 29.4 Å². The molecule has 0 radical (unpaired) electrons. The van der Waals surface area contributed by atoms with Crippen molar-refractivity contribution in [3.8, 4) is 0 Å². The molecule has 1 heterocycles. The first-order chi connectivity index (χ1) is 10.1. The number of likely N-dealkylation sites (N-methyl/N-ethyl adjacent to an activating group) is 1. The van der Waals surface area contributed by atoms with Crippen LogP contribution in [-0.2, 0) is 26.3 Å². The Balaban J connectivity index is 2.16. The minimum Gasteiger partial charge on any atom is -0.316 e. The molecule has 1 aromatic heterocycles. The van der Waals surface area contributed by atoms with E-state index in [2.05, 4.69) is 67.4 Å². The molecule has 1 atom stereocenters. The van der Waals surface area contributed by atoms with Crippen LogP contribution >= 0.6 is 31.9 Å². The van der Waals surface area contributed by atoms with Gasteiger partial charge in [0.25, 0.3) is 0 Å². The van der Waals surface area contributed by atoms with E-state index in [1.165, 1.54) is 15.7 Å². The molecule has 0 amide bonds. The van der Waals surface area contributed by atoms with Gasteiger partial charge in [-0.15, -0.1) is 0 Å². The maximum atomic E-state index is 4.57. The summed E-state index contributed by atoms with van der Waals surface area (Å²) in [5.74, 6) is 0. The molecule has 0 saturated heterocycles. The summed E-state index contributed by atoms with van der Waals surface area (Å²) < 4.78 is 4.32. The molecular weight excluding hydrogens is 394 g/mol. The second kappa shape index (κ2) is 7.56. The fourth-order valence-corrected chi connectivity index (χ4v) is 3.71. The second-order valence-electron chi connectivity index (χ2n) is 5.17. The molecule has 0 bridgehead atoms. The van der Waals surface area contributed by atoms with Gasteiger partial charge in [0.1, 0.15) is 0 Å². The lowest BCUT2D eigenvalue weighted by Gasteiger charge is -2.17. The molecule has 21 heavy (non-hydrogen) atoms. The van der Waals surface area contributed by atoms with E-state index >= 15 is 0 Å². The van der Waals surface area contributed by atoms with Crippen molar-refractivity contribution >= 4 is 31.9 Å². The summed E-state index contributed by atoms with van der Waals surface area (Å²) in [6, 6.07) is 8.77. The van der Waals surface area contributed by atoms with Crippen molar-refractivity contribution < 1.29 is 0 Å². The zero-order valence-electron chi connectivity index (χ0n) is 12.7.